The molecule has 126 valence electrons. The average molecular weight is 321 g/mol. The van der Waals surface area contributed by atoms with Gasteiger partial charge >= 0.3 is 0 Å². The Morgan fingerprint density at radius 2 is 1.54 bits per heavy atom. The fourth-order valence-corrected chi connectivity index (χ4v) is 3.48. The summed E-state index contributed by atoms with van der Waals surface area (Å²) in [4.78, 5) is 12.2. The Hall–Kier alpha value is -2.09. The molecule has 0 unspecified atom stereocenters. The maximum Gasteiger partial charge on any atom is 0.224 e. The van der Waals surface area contributed by atoms with Crippen molar-refractivity contribution >= 4 is 5.91 Å². The van der Waals surface area contributed by atoms with Crippen molar-refractivity contribution < 1.29 is 4.79 Å². The maximum absolute atomic E-state index is 12.2. The molecule has 0 bridgehead atoms. The molecule has 1 N–H and O–H groups in total. The molecule has 24 heavy (non-hydrogen) atoms. The van der Waals surface area contributed by atoms with Crippen LogP contribution < -0.4 is 5.32 Å². The van der Waals surface area contributed by atoms with Crippen LogP contribution in [0.5, 0.6) is 0 Å². The van der Waals surface area contributed by atoms with Crippen molar-refractivity contribution in [1.29, 1.82) is 0 Å². The normalized spacial score (nSPS) is 20.5. The second-order valence-electron chi connectivity index (χ2n) is 7.17. The van der Waals surface area contributed by atoms with Gasteiger partial charge in [0.25, 0.3) is 0 Å². The first-order valence-corrected chi connectivity index (χ1v) is 9.12. The van der Waals surface area contributed by atoms with Crippen LogP contribution in [0, 0.1) is 11.8 Å². The van der Waals surface area contributed by atoms with Crippen LogP contribution >= 0.6 is 0 Å². The lowest BCUT2D eigenvalue weighted by molar-refractivity contribution is -0.120. The van der Waals surface area contributed by atoms with E-state index in [4.69, 9.17) is 0 Å². The van der Waals surface area contributed by atoms with E-state index in [1.807, 2.05) is 18.2 Å². The molecule has 0 radical (unpaired) electrons. The minimum Gasteiger partial charge on any atom is -0.356 e. The monoisotopic (exact) mass is 321 g/mol. The molecule has 1 aliphatic carbocycles. The molecule has 2 aromatic rings. The molecular weight excluding hydrogens is 294 g/mol. The Morgan fingerprint density at radius 1 is 0.917 bits per heavy atom. The third-order valence-electron chi connectivity index (χ3n) is 5.15. The topological polar surface area (TPSA) is 29.1 Å². The largest absolute Gasteiger partial charge is 0.356 e. The minimum atomic E-state index is 0.140. The molecule has 0 aliphatic heterocycles. The van der Waals surface area contributed by atoms with Gasteiger partial charge in [0.2, 0.25) is 5.91 Å². The van der Waals surface area contributed by atoms with E-state index in [2.05, 4.69) is 48.6 Å². The molecule has 1 amide bonds. The van der Waals surface area contributed by atoms with E-state index in [0.29, 0.717) is 12.3 Å². The van der Waals surface area contributed by atoms with Crippen LogP contribution in [-0.2, 0) is 11.2 Å². The Morgan fingerprint density at radius 3 is 2.21 bits per heavy atom. The van der Waals surface area contributed by atoms with Gasteiger partial charge in [-0.1, -0.05) is 74.4 Å². The summed E-state index contributed by atoms with van der Waals surface area (Å²) in [7, 11) is 0. The molecule has 3 rings (SSSR count). The number of rotatable bonds is 5. The van der Waals surface area contributed by atoms with E-state index in [0.717, 1.165) is 18.0 Å². The van der Waals surface area contributed by atoms with Crippen molar-refractivity contribution in [3.8, 4) is 11.1 Å². The Labute approximate surface area is 145 Å². The van der Waals surface area contributed by atoms with Crippen LogP contribution in [0.15, 0.2) is 54.6 Å². The van der Waals surface area contributed by atoms with Crippen molar-refractivity contribution in [3.05, 3.63) is 60.2 Å². The lowest BCUT2D eigenvalue weighted by Crippen LogP contribution is -2.32. The molecule has 1 fully saturated rings. The molecule has 0 atom stereocenters. The summed E-state index contributed by atoms with van der Waals surface area (Å²) in [6, 6.07) is 18.6. The lowest BCUT2D eigenvalue weighted by atomic mass is 9.83. The summed E-state index contributed by atoms with van der Waals surface area (Å²) in [6.07, 6.45) is 5.60. The molecular formula is C22H27NO. The van der Waals surface area contributed by atoms with E-state index in [1.165, 1.54) is 36.8 Å². The first-order valence-electron chi connectivity index (χ1n) is 9.12. The first kappa shape index (κ1) is 16.8. The number of hydrogen-bond donors (Lipinski definition) is 1. The molecule has 2 nitrogen and oxygen atoms in total. The molecule has 2 heteroatoms. The summed E-state index contributed by atoms with van der Waals surface area (Å²) < 4.78 is 0. The van der Waals surface area contributed by atoms with Crippen molar-refractivity contribution in [2.24, 2.45) is 11.8 Å². The Balaban J connectivity index is 1.48. The summed E-state index contributed by atoms with van der Waals surface area (Å²) in [5, 5.41) is 3.12. The standard InChI is InChI=1S/C22H27NO/c1-17-7-9-19(10-8-17)16-23-22(24)15-18-11-13-21(14-12-18)20-5-3-2-4-6-20/h2-6,11-14,17,19H,7-10,15-16H2,1H3,(H,23,24). The van der Waals surface area contributed by atoms with Crippen LogP contribution in [0.4, 0.5) is 0 Å². The first-order chi connectivity index (χ1) is 11.7. The average Bonchev–Trinajstić information content (AvgIpc) is 2.63. The predicted molar refractivity (Wildman–Crippen MR) is 99.7 cm³/mol. The number of hydrogen-bond acceptors (Lipinski definition) is 1. The SMILES string of the molecule is CC1CCC(CNC(=O)Cc2ccc(-c3ccccc3)cc2)CC1. The van der Waals surface area contributed by atoms with E-state index < -0.39 is 0 Å². The second-order valence-corrected chi connectivity index (χ2v) is 7.17. The van der Waals surface area contributed by atoms with Gasteiger partial charge in [0.05, 0.1) is 6.42 Å². The molecule has 2 aromatic carbocycles. The van der Waals surface area contributed by atoms with Gasteiger partial charge in [-0.25, -0.2) is 0 Å². The third-order valence-corrected chi connectivity index (χ3v) is 5.15. The van der Waals surface area contributed by atoms with Crippen molar-refractivity contribution in [3.63, 3.8) is 0 Å². The molecule has 1 saturated carbocycles. The lowest BCUT2D eigenvalue weighted by Gasteiger charge is -2.26. The van der Waals surface area contributed by atoms with Crippen LogP contribution in [0.3, 0.4) is 0 Å². The fourth-order valence-electron chi connectivity index (χ4n) is 3.48. The maximum atomic E-state index is 12.2. The van der Waals surface area contributed by atoms with Gasteiger partial charge in [0, 0.05) is 6.54 Å². The highest BCUT2D eigenvalue weighted by molar-refractivity contribution is 5.78. The minimum absolute atomic E-state index is 0.140. The third kappa shape index (κ3) is 4.70. The van der Waals surface area contributed by atoms with Crippen molar-refractivity contribution in [2.45, 2.75) is 39.0 Å². The zero-order valence-electron chi connectivity index (χ0n) is 14.5. The Kier molecular flexibility index (Phi) is 5.68. The molecule has 0 heterocycles. The predicted octanol–water partition coefficient (Wildman–Crippen LogP) is 4.84. The van der Waals surface area contributed by atoms with Gasteiger partial charge in [-0.2, -0.15) is 0 Å². The highest BCUT2D eigenvalue weighted by Crippen LogP contribution is 2.27. The van der Waals surface area contributed by atoms with Crippen LogP contribution in [-0.4, -0.2) is 12.5 Å². The van der Waals surface area contributed by atoms with E-state index in [1.54, 1.807) is 0 Å². The van der Waals surface area contributed by atoms with Crippen LogP contribution in [0.2, 0.25) is 0 Å². The van der Waals surface area contributed by atoms with Crippen molar-refractivity contribution in [2.75, 3.05) is 6.54 Å². The van der Waals surface area contributed by atoms with Gasteiger partial charge < -0.3 is 5.32 Å². The van der Waals surface area contributed by atoms with E-state index in [-0.39, 0.29) is 5.91 Å². The van der Waals surface area contributed by atoms with Crippen LogP contribution in [0.1, 0.15) is 38.2 Å². The van der Waals surface area contributed by atoms with Gasteiger partial charge in [0.1, 0.15) is 0 Å². The summed E-state index contributed by atoms with van der Waals surface area (Å²) in [5.74, 6) is 1.67. The van der Waals surface area contributed by atoms with E-state index in [9.17, 15) is 4.79 Å². The summed E-state index contributed by atoms with van der Waals surface area (Å²) in [5.41, 5.74) is 3.47. The van der Waals surface area contributed by atoms with E-state index >= 15 is 0 Å². The number of amides is 1. The highest BCUT2D eigenvalue weighted by Gasteiger charge is 2.18. The molecule has 1 aliphatic rings. The van der Waals surface area contributed by atoms with Gasteiger partial charge in [-0.3, -0.25) is 4.79 Å². The molecule has 0 spiro atoms. The zero-order chi connectivity index (χ0) is 16.8. The van der Waals surface area contributed by atoms with Gasteiger partial charge in [0.15, 0.2) is 0 Å². The second kappa shape index (κ2) is 8.14. The number of carbonyl (C=O) groups is 1. The fraction of sp³-hybridized carbons (Fsp3) is 0.409. The van der Waals surface area contributed by atoms with Gasteiger partial charge in [-0.15, -0.1) is 0 Å². The number of benzene rings is 2. The summed E-state index contributed by atoms with van der Waals surface area (Å²) >= 11 is 0. The van der Waals surface area contributed by atoms with Crippen molar-refractivity contribution in [1.82, 2.24) is 5.32 Å². The molecule has 0 saturated heterocycles. The van der Waals surface area contributed by atoms with Gasteiger partial charge in [-0.05, 0) is 41.4 Å². The highest BCUT2D eigenvalue weighted by atomic mass is 16.1. The number of nitrogens with one attached hydrogen (secondary N) is 1. The Bertz CT molecular complexity index is 639. The summed E-state index contributed by atoms with van der Waals surface area (Å²) in [6.45, 7) is 3.17. The quantitative estimate of drug-likeness (QED) is 0.839. The smallest absolute Gasteiger partial charge is 0.224 e. The number of carbonyl (C=O) groups excluding carboxylic acids is 1. The van der Waals surface area contributed by atoms with Crippen LogP contribution in [0.25, 0.3) is 11.1 Å². The zero-order valence-corrected chi connectivity index (χ0v) is 14.5. The molecule has 0 aromatic heterocycles.